The van der Waals surface area contributed by atoms with Crippen molar-refractivity contribution in [2.45, 2.75) is 12.5 Å². The number of hydrogen-bond acceptors (Lipinski definition) is 6. The van der Waals surface area contributed by atoms with Crippen molar-refractivity contribution in [2.75, 3.05) is 26.4 Å². The topological polar surface area (TPSA) is 127 Å². The van der Waals surface area contributed by atoms with E-state index in [0.717, 1.165) is 22.3 Å². The number of aromatic carboxylic acids is 1. The van der Waals surface area contributed by atoms with Crippen LogP contribution in [0.3, 0.4) is 0 Å². The molecule has 1 heterocycles. The molecule has 2 amide bonds. The molecule has 0 aliphatic heterocycles. The quantitative estimate of drug-likeness (QED) is 0.393. The van der Waals surface area contributed by atoms with Crippen LogP contribution in [0, 0.1) is 0 Å². The summed E-state index contributed by atoms with van der Waals surface area (Å²) >= 11 is 0. The zero-order chi connectivity index (χ0) is 23.9. The van der Waals surface area contributed by atoms with E-state index in [9.17, 15) is 14.4 Å². The third-order valence-corrected chi connectivity index (χ3v) is 5.42. The van der Waals surface area contributed by atoms with Crippen molar-refractivity contribution in [3.63, 3.8) is 0 Å². The number of furan rings is 1. The number of carboxylic acid groups (broad SMARTS) is 1. The molecule has 0 unspecified atom stereocenters. The van der Waals surface area contributed by atoms with E-state index in [2.05, 4.69) is 34.9 Å². The van der Waals surface area contributed by atoms with Gasteiger partial charge < -0.3 is 29.6 Å². The maximum atomic E-state index is 12.1. The van der Waals surface area contributed by atoms with Gasteiger partial charge in [0.1, 0.15) is 19.0 Å². The van der Waals surface area contributed by atoms with Crippen molar-refractivity contribution < 1.29 is 33.4 Å². The molecule has 0 spiro atoms. The van der Waals surface area contributed by atoms with Crippen LogP contribution < -0.4 is 10.6 Å². The van der Waals surface area contributed by atoms with Gasteiger partial charge in [0.25, 0.3) is 0 Å². The van der Waals surface area contributed by atoms with Gasteiger partial charge in [-0.25, -0.2) is 9.59 Å². The molecule has 1 aromatic heterocycles. The van der Waals surface area contributed by atoms with Gasteiger partial charge in [0.05, 0.1) is 13.2 Å². The second kappa shape index (κ2) is 10.7. The van der Waals surface area contributed by atoms with Crippen LogP contribution in [0.25, 0.3) is 11.1 Å². The van der Waals surface area contributed by atoms with Gasteiger partial charge in [-0.3, -0.25) is 4.79 Å². The number of alkyl carbamates (subject to hydrolysis) is 1. The monoisotopic (exact) mass is 464 g/mol. The van der Waals surface area contributed by atoms with Crippen LogP contribution in [0.15, 0.2) is 65.1 Å². The Bertz CT molecular complexity index is 1140. The molecule has 1 aliphatic carbocycles. The third-order valence-electron chi connectivity index (χ3n) is 5.42. The zero-order valence-corrected chi connectivity index (χ0v) is 18.3. The van der Waals surface area contributed by atoms with Crippen molar-refractivity contribution in [1.82, 2.24) is 10.6 Å². The summed E-state index contributed by atoms with van der Waals surface area (Å²) in [4.78, 5) is 34.7. The van der Waals surface area contributed by atoms with Gasteiger partial charge >= 0.3 is 12.1 Å². The largest absolute Gasteiger partial charge is 0.475 e. The summed E-state index contributed by atoms with van der Waals surface area (Å²) in [5, 5.41) is 14.0. The SMILES string of the molecule is O=C(COCCNC(=O)OCC1c2ccccc2-c2ccccc21)NCc1ccc(C(=O)O)o1. The lowest BCUT2D eigenvalue weighted by Crippen LogP contribution is -2.31. The number of carbonyl (C=O) groups excluding carboxylic acids is 2. The first-order chi connectivity index (χ1) is 16.5. The summed E-state index contributed by atoms with van der Waals surface area (Å²) in [7, 11) is 0. The van der Waals surface area contributed by atoms with Crippen LogP contribution in [-0.4, -0.2) is 49.4 Å². The summed E-state index contributed by atoms with van der Waals surface area (Å²) in [6.07, 6.45) is -0.554. The first-order valence-corrected chi connectivity index (χ1v) is 10.8. The lowest BCUT2D eigenvalue weighted by molar-refractivity contribution is -0.125. The minimum absolute atomic E-state index is 0.0150. The summed E-state index contributed by atoms with van der Waals surface area (Å²) in [6, 6.07) is 19.0. The van der Waals surface area contributed by atoms with Crippen LogP contribution >= 0.6 is 0 Å². The Morgan fingerprint density at radius 1 is 0.912 bits per heavy atom. The fourth-order valence-electron chi connectivity index (χ4n) is 3.86. The predicted octanol–water partition coefficient (Wildman–Crippen LogP) is 3.15. The van der Waals surface area contributed by atoms with Crippen LogP contribution in [0.5, 0.6) is 0 Å². The minimum atomic E-state index is -1.18. The molecule has 3 aromatic rings. The predicted molar refractivity (Wildman–Crippen MR) is 121 cm³/mol. The van der Waals surface area contributed by atoms with Gasteiger partial charge in [-0.15, -0.1) is 0 Å². The number of hydrogen-bond donors (Lipinski definition) is 3. The normalized spacial score (nSPS) is 12.0. The zero-order valence-electron chi connectivity index (χ0n) is 18.3. The van der Waals surface area contributed by atoms with E-state index in [0.29, 0.717) is 5.76 Å². The maximum Gasteiger partial charge on any atom is 0.407 e. The number of amides is 2. The van der Waals surface area contributed by atoms with Crippen molar-refractivity contribution >= 4 is 18.0 Å². The Kier molecular flexibility index (Phi) is 7.24. The Hall–Kier alpha value is -4.11. The number of rotatable bonds is 10. The van der Waals surface area contributed by atoms with E-state index < -0.39 is 18.0 Å². The highest BCUT2D eigenvalue weighted by molar-refractivity contribution is 5.84. The number of ether oxygens (including phenoxy) is 2. The van der Waals surface area contributed by atoms with Gasteiger partial charge in [-0.2, -0.15) is 0 Å². The second-order valence-electron chi connectivity index (χ2n) is 7.65. The number of nitrogens with one attached hydrogen (secondary N) is 2. The highest BCUT2D eigenvalue weighted by Crippen LogP contribution is 2.44. The Balaban J connectivity index is 1.13. The molecule has 0 bridgehead atoms. The van der Waals surface area contributed by atoms with Crippen molar-refractivity contribution in [3.8, 4) is 11.1 Å². The van der Waals surface area contributed by atoms with E-state index in [1.54, 1.807) is 0 Å². The first-order valence-electron chi connectivity index (χ1n) is 10.8. The van der Waals surface area contributed by atoms with E-state index in [1.807, 2.05) is 24.3 Å². The molecular weight excluding hydrogens is 440 g/mol. The van der Waals surface area contributed by atoms with E-state index in [1.165, 1.54) is 12.1 Å². The van der Waals surface area contributed by atoms with Gasteiger partial charge in [-0.1, -0.05) is 48.5 Å². The Morgan fingerprint density at radius 3 is 2.24 bits per heavy atom. The van der Waals surface area contributed by atoms with Crippen LogP contribution in [0.4, 0.5) is 4.79 Å². The lowest BCUT2D eigenvalue weighted by atomic mass is 9.98. The molecule has 0 atom stereocenters. The molecule has 9 nitrogen and oxygen atoms in total. The lowest BCUT2D eigenvalue weighted by Gasteiger charge is -2.14. The number of fused-ring (bicyclic) bond motifs is 3. The van der Waals surface area contributed by atoms with Crippen molar-refractivity contribution in [1.29, 1.82) is 0 Å². The van der Waals surface area contributed by atoms with Crippen molar-refractivity contribution in [2.24, 2.45) is 0 Å². The molecule has 9 heteroatoms. The van der Waals surface area contributed by atoms with Gasteiger partial charge in [-0.05, 0) is 34.4 Å². The average molecular weight is 464 g/mol. The highest BCUT2D eigenvalue weighted by atomic mass is 16.5. The summed E-state index contributed by atoms with van der Waals surface area (Å²) in [6.45, 7) is 0.372. The molecule has 0 saturated carbocycles. The standard InChI is InChI=1S/C25H24N2O7/c28-23(27-13-16-9-10-22(34-16)24(29)30)15-32-12-11-26-25(31)33-14-21-19-7-3-1-5-17(19)18-6-2-4-8-20(18)21/h1-10,21H,11-15H2,(H,26,31)(H,27,28)(H,29,30). The van der Waals surface area contributed by atoms with E-state index >= 15 is 0 Å². The molecule has 0 radical (unpaired) electrons. The molecular formula is C25H24N2O7. The van der Waals surface area contributed by atoms with Crippen LogP contribution in [-0.2, 0) is 20.8 Å². The molecule has 1 aliphatic rings. The summed E-state index contributed by atoms with van der Waals surface area (Å²) < 4.78 is 15.7. The smallest absolute Gasteiger partial charge is 0.407 e. The molecule has 4 rings (SSSR count). The first kappa shape index (κ1) is 23.1. The molecule has 3 N–H and O–H groups in total. The fraction of sp³-hybridized carbons (Fsp3) is 0.240. The van der Waals surface area contributed by atoms with Crippen LogP contribution in [0.2, 0.25) is 0 Å². The van der Waals surface area contributed by atoms with E-state index in [-0.39, 0.29) is 44.6 Å². The molecule has 176 valence electrons. The summed E-state index contributed by atoms with van der Waals surface area (Å²) in [5.41, 5.74) is 4.60. The maximum absolute atomic E-state index is 12.1. The fourth-order valence-corrected chi connectivity index (χ4v) is 3.86. The number of carbonyl (C=O) groups is 3. The van der Waals surface area contributed by atoms with Crippen molar-refractivity contribution in [3.05, 3.63) is 83.3 Å². The van der Waals surface area contributed by atoms with Gasteiger partial charge in [0.2, 0.25) is 11.7 Å². The van der Waals surface area contributed by atoms with Crippen LogP contribution in [0.1, 0.15) is 33.4 Å². The molecule has 0 fully saturated rings. The minimum Gasteiger partial charge on any atom is -0.475 e. The summed E-state index contributed by atoms with van der Waals surface area (Å²) in [5.74, 6) is -1.46. The number of benzene rings is 2. The second-order valence-corrected chi connectivity index (χ2v) is 7.65. The highest BCUT2D eigenvalue weighted by Gasteiger charge is 2.28. The van der Waals surface area contributed by atoms with E-state index in [4.69, 9.17) is 19.0 Å². The Morgan fingerprint density at radius 2 is 1.59 bits per heavy atom. The number of carboxylic acids is 1. The molecule has 34 heavy (non-hydrogen) atoms. The van der Waals surface area contributed by atoms with Gasteiger partial charge in [0.15, 0.2) is 0 Å². The Labute approximate surface area is 195 Å². The molecule has 0 saturated heterocycles. The average Bonchev–Trinajstić information content (AvgIpc) is 3.44. The molecule has 2 aromatic carbocycles. The third kappa shape index (κ3) is 5.44. The van der Waals surface area contributed by atoms with Gasteiger partial charge in [0, 0.05) is 12.5 Å².